The molecule has 0 bridgehead atoms. The Bertz CT molecular complexity index is 593. The predicted molar refractivity (Wildman–Crippen MR) is 93.7 cm³/mol. The summed E-state index contributed by atoms with van der Waals surface area (Å²) in [7, 11) is 3.16. The maximum atomic E-state index is 12.8. The van der Waals surface area contributed by atoms with Gasteiger partial charge in [0, 0.05) is 43.9 Å². The predicted octanol–water partition coefficient (Wildman–Crippen LogP) is 1.49. The summed E-state index contributed by atoms with van der Waals surface area (Å²) in [6, 6.07) is 3.57. The number of aliphatic hydroxyl groups is 1. The molecule has 0 aliphatic carbocycles. The third-order valence-electron chi connectivity index (χ3n) is 4.18. The highest BCUT2D eigenvalue weighted by Crippen LogP contribution is 2.34. The SMILES string of the molecule is C/C=C/c1cc(C(=O)N2CCN(CCO)CC2)cc(OC)c1OC. The Morgan fingerprint density at radius 1 is 1.21 bits per heavy atom. The van der Waals surface area contributed by atoms with Crippen molar-refractivity contribution < 1.29 is 19.4 Å². The van der Waals surface area contributed by atoms with Gasteiger partial charge >= 0.3 is 0 Å². The van der Waals surface area contributed by atoms with Gasteiger partial charge in [0.2, 0.25) is 0 Å². The minimum atomic E-state index is -0.00893. The van der Waals surface area contributed by atoms with Gasteiger partial charge in [-0.15, -0.1) is 0 Å². The summed E-state index contributed by atoms with van der Waals surface area (Å²) in [6.07, 6.45) is 3.80. The summed E-state index contributed by atoms with van der Waals surface area (Å²) in [5, 5.41) is 9.01. The van der Waals surface area contributed by atoms with E-state index in [1.807, 2.05) is 30.0 Å². The molecular weight excluding hydrogens is 308 g/mol. The summed E-state index contributed by atoms with van der Waals surface area (Å²) in [5.41, 5.74) is 1.41. The maximum absolute atomic E-state index is 12.8. The van der Waals surface area contributed by atoms with Crippen molar-refractivity contribution in [3.05, 3.63) is 29.3 Å². The molecule has 0 aromatic heterocycles. The van der Waals surface area contributed by atoms with Crippen molar-refractivity contribution in [2.75, 3.05) is 53.6 Å². The van der Waals surface area contributed by atoms with E-state index in [0.717, 1.165) is 18.7 Å². The van der Waals surface area contributed by atoms with E-state index in [4.69, 9.17) is 14.6 Å². The normalized spacial score (nSPS) is 15.8. The number of allylic oxidation sites excluding steroid dienone is 1. The Morgan fingerprint density at radius 2 is 1.92 bits per heavy atom. The Morgan fingerprint density at radius 3 is 2.46 bits per heavy atom. The van der Waals surface area contributed by atoms with Gasteiger partial charge < -0.3 is 19.5 Å². The monoisotopic (exact) mass is 334 g/mol. The first-order chi connectivity index (χ1) is 11.6. The second-order valence-electron chi connectivity index (χ2n) is 5.66. The molecule has 1 N–H and O–H groups in total. The fourth-order valence-electron chi connectivity index (χ4n) is 2.92. The molecule has 6 heteroatoms. The number of carbonyl (C=O) groups is 1. The van der Waals surface area contributed by atoms with Crippen LogP contribution in [0.4, 0.5) is 0 Å². The quantitative estimate of drug-likeness (QED) is 0.854. The first-order valence-electron chi connectivity index (χ1n) is 8.15. The van der Waals surface area contributed by atoms with E-state index in [0.29, 0.717) is 36.7 Å². The minimum Gasteiger partial charge on any atom is -0.493 e. The molecule has 0 unspecified atom stereocenters. The fraction of sp³-hybridized carbons (Fsp3) is 0.500. The van der Waals surface area contributed by atoms with Gasteiger partial charge in [0.05, 0.1) is 20.8 Å². The number of piperazine rings is 1. The van der Waals surface area contributed by atoms with Crippen LogP contribution in [0.5, 0.6) is 11.5 Å². The third kappa shape index (κ3) is 4.07. The number of β-amino-alcohol motifs (C(OH)–C–C–N with tert-alkyl or cyclic N) is 1. The smallest absolute Gasteiger partial charge is 0.254 e. The molecule has 1 aliphatic rings. The van der Waals surface area contributed by atoms with Gasteiger partial charge in [0.1, 0.15) is 0 Å². The molecule has 24 heavy (non-hydrogen) atoms. The molecule has 1 heterocycles. The van der Waals surface area contributed by atoms with Crippen molar-refractivity contribution in [2.45, 2.75) is 6.92 Å². The Balaban J connectivity index is 2.22. The van der Waals surface area contributed by atoms with E-state index >= 15 is 0 Å². The van der Waals surface area contributed by atoms with Gasteiger partial charge in [0.25, 0.3) is 5.91 Å². The molecule has 1 aromatic carbocycles. The molecule has 132 valence electrons. The fourth-order valence-corrected chi connectivity index (χ4v) is 2.92. The van der Waals surface area contributed by atoms with Crippen LogP contribution in [-0.2, 0) is 0 Å². The molecule has 0 radical (unpaired) electrons. The van der Waals surface area contributed by atoms with Gasteiger partial charge in [0.15, 0.2) is 11.5 Å². The van der Waals surface area contributed by atoms with E-state index in [-0.39, 0.29) is 12.5 Å². The number of methoxy groups -OCH3 is 2. The van der Waals surface area contributed by atoms with Crippen molar-refractivity contribution in [1.82, 2.24) is 9.80 Å². The number of aliphatic hydroxyl groups excluding tert-OH is 1. The maximum Gasteiger partial charge on any atom is 0.254 e. The summed E-state index contributed by atoms with van der Waals surface area (Å²) in [4.78, 5) is 16.8. The number of rotatable bonds is 6. The van der Waals surface area contributed by atoms with Crippen LogP contribution in [0.1, 0.15) is 22.8 Å². The van der Waals surface area contributed by atoms with Crippen LogP contribution in [0.25, 0.3) is 6.08 Å². The molecular formula is C18H26N2O4. The molecule has 6 nitrogen and oxygen atoms in total. The van der Waals surface area contributed by atoms with Gasteiger partial charge in [-0.2, -0.15) is 0 Å². The lowest BCUT2D eigenvalue weighted by molar-refractivity contribution is 0.0614. The van der Waals surface area contributed by atoms with E-state index in [2.05, 4.69) is 4.90 Å². The van der Waals surface area contributed by atoms with Crippen LogP contribution in [-0.4, -0.2) is 74.4 Å². The van der Waals surface area contributed by atoms with Crippen molar-refractivity contribution in [2.24, 2.45) is 0 Å². The molecule has 1 aliphatic heterocycles. The summed E-state index contributed by atoms with van der Waals surface area (Å²) >= 11 is 0. The first kappa shape index (κ1) is 18.3. The molecule has 0 saturated carbocycles. The van der Waals surface area contributed by atoms with E-state index < -0.39 is 0 Å². The lowest BCUT2D eigenvalue weighted by atomic mass is 10.1. The molecule has 2 rings (SSSR count). The number of ether oxygens (including phenoxy) is 2. The van der Waals surface area contributed by atoms with E-state index in [1.165, 1.54) is 0 Å². The Labute approximate surface area is 143 Å². The number of benzene rings is 1. The molecule has 1 saturated heterocycles. The first-order valence-corrected chi connectivity index (χ1v) is 8.15. The summed E-state index contributed by atoms with van der Waals surface area (Å²) < 4.78 is 10.8. The van der Waals surface area contributed by atoms with Crippen LogP contribution < -0.4 is 9.47 Å². The number of amides is 1. The average molecular weight is 334 g/mol. The topological polar surface area (TPSA) is 62.2 Å². The van der Waals surface area contributed by atoms with Crippen molar-refractivity contribution in [3.8, 4) is 11.5 Å². The molecule has 0 atom stereocenters. The number of hydrogen-bond acceptors (Lipinski definition) is 5. The highest BCUT2D eigenvalue weighted by Gasteiger charge is 2.23. The highest BCUT2D eigenvalue weighted by atomic mass is 16.5. The number of carbonyl (C=O) groups excluding carboxylic acids is 1. The van der Waals surface area contributed by atoms with Gasteiger partial charge in [-0.05, 0) is 19.1 Å². The molecule has 0 spiro atoms. The lowest BCUT2D eigenvalue weighted by Crippen LogP contribution is -2.49. The van der Waals surface area contributed by atoms with E-state index in [1.54, 1.807) is 20.3 Å². The van der Waals surface area contributed by atoms with Crippen LogP contribution in [0.3, 0.4) is 0 Å². The molecule has 1 fully saturated rings. The molecule has 1 aromatic rings. The van der Waals surface area contributed by atoms with Crippen molar-refractivity contribution >= 4 is 12.0 Å². The minimum absolute atomic E-state index is 0.00893. The van der Waals surface area contributed by atoms with Gasteiger partial charge in [-0.1, -0.05) is 12.2 Å². The zero-order valence-electron chi connectivity index (χ0n) is 14.6. The van der Waals surface area contributed by atoms with Crippen LogP contribution in [0, 0.1) is 0 Å². The zero-order chi connectivity index (χ0) is 17.5. The summed E-state index contributed by atoms with van der Waals surface area (Å²) in [6.45, 7) is 5.60. The lowest BCUT2D eigenvalue weighted by Gasteiger charge is -2.34. The Kier molecular flexibility index (Phi) is 6.63. The molecule has 1 amide bonds. The zero-order valence-corrected chi connectivity index (χ0v) is 14.6. The van der Waals surface area contributed by atoms with Gasteiger partial charge in [-0.25, -0.2) is 0 Å². The van der Waals surface area contributed by atoms with Crippen LogP contribution in [0.2, 0.25) is 0 Å². The second kappa shape index (κ2) is 8.70. The van der Waals surface area contributed by atoms with Crippen LogP contribution >= 0.6 is 0 Å². The third-order valence-corrected chi connectivity index (χ3v) is 4.18. The second-order valence-corrected chi connectivity index (χ2v) is 5.66. The average Bonchev–Trinajstić information content (AvgIpc) is 2.61. The standard InChI is InChI=1S/C18H26N2O4/c1-4-5-14-12-15(13-16(23-2)17(14)24-3)18(22)20-8-6-19(7-9-20)10-11-21/h4-5,12-13,21H,6-11H2,1-3H3/b5-4+. The number of nitrogens with zero attached hydrogens (tertiary/aromatic N) is 2. The Hall–Kier alpha value is -2.05. The highest BCUT2D eigenvalue weighted by molar-refractivity contribution is 5.96. The van der Waals surface area contributed by atoms with Crippen molar-refractivity contribution in [3.63, 3.8) is 0 Å². The van der Waals surface area contributed by atoms with Gasteiger partial charge in [-0.3, -0.25) is 9.69 Å². The van der Waals surface area contributed by atoms with Crippen LogP contribution in [0.15, 0.2) is 18.2 Å². The van der Waals surface area contributed by atoms with Crippen molar-refractivity contribution in [1.29, 1.82) is 0 Å². The van der Waals surface area contributed by atoms with E-state index in [9.17, 15) is 4.79 Å². The summed E-state index contributed by atoms with van der Waals surface area (Å²) in [5.74, 6) is 1.17. The largest absolute Gasteiger partial charge is 0.493 e. The number of hydrogen-bond donors (Lipinski definition) is 1.